The number of aryl methyl sites for hydroxylation is 1. The SMILES string of the molecule is Cc1cccc2c(C(=O)NCc3ccccn3)cc(-c3cccnc3)nc12. The van der Waals surface area contributed by atoms with Crippen LogP contribution in [0.1, 0.15) is 21.6 Å². The summed E-state index contributed by atoms with van der Waals surface area (Å²) in [7, 11) is 0. The molecule has 0 fully saturated rings. The quantitative estimate of drug-likeness (QED) is 0.603. The Kier molecular flexibility index (Phi) is 4.58. The van der Waals surface area contributed by atoms with Gasteiger partial charge in [-0.1, -0.05) is 24.3 Å². The van der Waals surface area contributed by atoms with Crippen molar-refractivity contribution in [1.82, 2.24) is 20.3 Å². The van der Waals surface area contributed by atoms with Crippen LogP contribution in [0.25, 0.3) is 22.2 Å². The van der Waals surface area contributed by atoms with Crippen molar-refractivity contribution in [2.24, 2.45) is 0 Å². The summed E-state index contributed by atoms with van der Waals surface area (Å²) in [6.07, 6.45) is 5.19. The average Bonchev–Trinajstić information content (AvgIpc) is 2.73. The molecule has 0 aliphatic heterocycles. The van der Waals surface area contributed by atoms with Gasteiger partial charge in [-0.2, -0.15) is 0 Å². The van der Waals surface area contributed by atoms with E-state index in [9.17, 15) is 4.79 Å². The number of nitrogens with zero attached hydrogens (tertiary/aromatic N) is 3. The topological polar surface area (TPSA) is 67.8 Å². The molecule has 0 aliphatic rings. The lowest BCUT2D eigenvalue weighted by molar-refractivity contribution is 0.0952. The molecule has 1 amide bonds. The Morgan fingerprint density at radius 1 is 1.04 bits per heavy atom. The van der Waals surface area contributed by atoms with E-state index >= 15 is 0 Å². The first kappa shape index (κ1) is 16.8. The lowest BCUT2D eigenvalue weighted by Gasteiger charge is -2.12. The molecule has 4 aromatic rings. The summed E-state index contributed by atoms with van der Waals surface area (Å²) in [5.74, 6) is -0.149. The van der Waals surface area contributed by atoms with Gasteiger partial charge < -0.3 is 5.32 Å². The molecule has 0 saturated carbocycles. The maximum absolute atomic E-state index is 12.9. The Labute approximate surface area is 157 Å². The number of nitrogens with one attached hydrogen (secondary N) is 1. The molecule has 5 nitrogen and oxygen atoms in total. The first-order valence-corrected chi connectivity index (χ1v) is 8.71. The third-order valence-corrected chi connectivity index (χ3v) is 4.40. The minimum Gasteiger partial charge on any atom is -0.346 e. The molecule has 0 saturated heterocycles. The Balaban J connectivity index is 1.76. The summed E-state index contributed by atoms with van der Waals surface area (Å²) in [5, 5.41) is 3.80. The predicted octanol–water partition coefficient (Wildman–Crippen LogP) is 3.93. The molecule has 0 aliphatic carbocycles. The molecule has 5 heteroatoms. The fourth-order valence-electron chi connectivity index (χ4n) is 3.01. The van der Waals surface area contributed by atoms with Crippen LogP contribution in [0.5, 0.6) is 0 Å². The highest BCUT2D eigenvalue weighted by Gasteiger charge is 2.15. The van der Waals surface area contributed by atoms with Gasteiger partial charge in [-0.25, -0.2) is 4.98 Å². The summed E-state index contributed by atoms with van der Waals surface area (Å²) in [4.78, 5) is 26.1. The van der Waals surface area contributed by atoms with Crippen molar-refractivity contribution in [2.45, 2.75) is 13.5 Å². The number of amides is 1. The smallest absolute Gasteiger partial charge is 0.252 e. The van der Waals surface area contributed by atoms with Crippen LogP contribution in [0.3, 0.4) is 0 Å². The fraction of sp³-hybridized carbons (Fsp3) is 0.0909. The number of para-hydroxylation sites is 1. The highest BCUT2D eigenvalue weighted by molar-refractivity contribution is 6.07. The minimum atomic E-state index is -0.149. The van der Waals surface area contributed by atoms with Gasteiger partial charge in [0, 0.05) is 29.5 Å². The van der Waals surface area contributed by atoms with Crippen molar-refractivity contribution in [3.8, 4) is 11.3 Å². The van der Waals surface area contributed by atoms with E-state index in [0.29, 0.717) is 12.1 Å². The van der Waals surface area contributed by atoms with Crippen molar-refractivity contribution in [3.05, 3.63) is 90.0 Å². The highest BCUT2D eigenvalue weighted by atomic mass is 16.1. The second-order valence-electron chi connectivity index (χ2n) is 6.27. The number of carbonyl (C=O) groups excluding carboxylic acids is 1. The van der Waals surface area contributed by atoms with Crippen LogP contribution in [0.15, 0.2) is 73.2 Å². The van der Waals surface area contributed by atoms with Gasteiger partial charge in [0.25, 0.3) is 5.91 Å². The molecule has 1 N–H and O–H groups in total. The number of hydrogen-bond donors (Lipinski definition) is 1. The minimum absolute atomic E-state index is 0.149. The summed E-state index contributed by atoms with van der Waals surface area (Å²) < 4.78 is 0. The van der Waals surface area contributed by atoms with Crippen molar-refractivity contribution >= 4 is 16.8 Å². The lowest BCUT2D eigenvalue weighted by Crippen LogP contribution is -2.23. The summed E-state index contributed by atoms with van der Waals surface area (Å²) >= 11 is 0. The van der Waals surface area contributed by atoms with E-state index in [4.69, 9.17) is 4.98 Å². The second-order valence-corrected chi connectivity index (χ2v) is 6.27. The third kappa shape index (κ3) is 3.53. The van der Waals surface area contributed by atoms with Gasteiger partial charge in [0.1, 0.15) is 0 Å². The van der Waals surface area contributed by atoms with E-state index in [1.165, 1.54) is 0 Å². The lowest BCUT2D eigenvalue weighted by atomic mass is 10.0. The van der Waals surface area contributed by atoms with Crippen molar-refractivity contribution in [3.63, 3.8) is 0 Å². The van der Waals surface area contributed by atoms with Crippen molar-refractivity contribution in [1.29, 1.82) is 0 Å². The zero-order chi connectivity index (χ0) is 18.6. The third-order valence-electron chi connectivity index (χ3n) is 4.40. The van der Waals surface area contributed by atoms with E-state index < -0.39 is 0 Å². The summed E-state index contributed by atoms with van der Waals surface area (Å²) in [6.45, 7) is 2.37. The number of benzene rings is 1. The van der Waals surface area contributed by atoms with E-state index in [2.05, 4.69) is 15.3 Å². The van der Waals surface area contributed by atoms with E-state index in [-0.39, 0.29) is 5.91 Å². The number of pyridine rings is 3. The van der Waals surface area contributed by atoms with E-state index in [1.54, 1.807) is 18.6 Å². The van der Waals surface area contributed by atoms with Crippen LogP contribution in [-0.2, 0) is 6.54 Å². The van der Waals surface area contributed by atoms with Gasteiger partial charge in [-0.3, -0.25) is 14.8 Å². The maximum Gasteiger partial charge on any atom is 0.252 e. The summed E-state index contributed by atoms with van der Waals surface area (Å²) in [5.41, 5.74) is 4.86. The van der Waals surface area contributed by atoms with Gasteiger partial charge >= 0.3 is 0 Å². The molecule has 4 rings (SSSR count). The van der Waals surface area contributed by atoms with Crippen molar-refractivity contribution in [2.75, 3.05) is 0 Å². The largest absolute Gasteiger partial charge is 0.346 e. The summed E-state index contributed by atoms with van der Waals surface area (Å²) in [6, 6.07) is 17.1. The molecule has 1 aromatic carbocycles. The van der Waals surface area contributed by atoms with Crippen LogP contribution < -0.4 is 5.32 Å². The first-order valence-electron chi connectivity index (χ1n) is 8.71. The predicted molar refractivity (Wildman–Crippen MR) is 105 cm³/mol. The van der Waals surface area contributed by atoms with Gasteiger partial charge in [0.05, 0.1) is 29.0 Å². The number of hydrogen-bond acceptors (Lipinski definition) is 4. The molecular weight excluding hydrogens is 336 g/mol. The molecule has 3 aromatic heterocycles. The second kappa shape index (κ2) is 7.33. The maximum atomic E-state index is 12.9. The molecular formula is C22H18N4O. The van der Waals surface area contributed by atoms with Crippen LogP contribution in [0, 0.1) is 6.92 Å². The monoisotopic (exact) mass is 354 g/mol. The molecule has 0 unspecified atom stereocenters. The Morgan fingerprint density at radius 3 is 2.74 bits per heavy atom. The Morgan fingerprint density at radius 2 is 1.96 bits per heavy atom. The molecule has 132 valence electrons. The number of fused-ring (bicyclic) bond motifs is 1. The standard InChI is InChI=1S/C22H18N4O/c1-15-6-4-9-18-19(22(27)25-14-17-8-2-3-11-24-17)12-20(26-21(15)18)16-7-5-10-23-13-16/h2-13H,14H2,1H3,(H,25,27). The number of rotatable bonds is 4. The molecule has 0 bridgehead atoms. The molecule has 27 heavy (non-hydrogen) atoms. The van der Waals surface area contributed by atoms with E-state index in [0.717, 1.165) is 33.4 Å². The van der Waals surface area contributed by atoms with Crippen LogP contribution in [0.2, 0.25) is 0 Å². The van der Waals surface area contributed by atoms with Gasteiger partial charge in [0.15, 0.2) is 0 Å². The van der Waals surface area contributed by atoms with Gasteiger partial charge in [-0.05, 0) is 42.8 Å². The number of aromatic nitrogens is 3. The zero-order valence-corrected chi connectivity index (χ0v) is 14.9. The fourth-order valence-corrected chi connectivity index (χ4v) is 3.01. The molecule has 0 atom stereocenters. The highest BCUT2D eigenvalue weighted by Crippen LogP contribution is 2.26. The zero-order valence-electron chi connectivity index (χ0n) is 14.9. The average molecular weight is 354 g/mol. The normalized spacial score (nSPS) is 10.7. The van der Waals surface area contributed by atoms with Crippen LogP contribution in [-0.4, -0.2) is 20.9 Å². The molecule has 3 heterocycles. The van der Waals surface area contributed by atoms with Gasteiger partial charge in [0.2, 0.25) is 0 Å². The molecule has 0 spiro atoms. The van der Waals surface area contributed by atoms with Gasteiger partial charge in [-0.15, -0.1) is 0 Å². The van der Waals surface area contributed by atoms with E-state index in [1.807, 2.05) is 61.5 Å². The van der Waals surface area contributed by atoms with Crippen LogP contribution >= 0.6 is 0 Å². The van der Waals surface area contributed by atoms with Crippen molar-refractivity contribution < 1.29 is 4.79 Å². The number of carbonyl (C=O) groups is 1. The Bertz CT molecular complexity index is 1100. The Hall–Kier alpha value is -3.60. The van der Waals surface area contributed by atoms with Crippen LogP contribution in [0.4, 0.5) is 0 Å². The molecule has 0 radical (unpaired) electrons. The first-order chi connectivity index (χ1) is 13.2.